The van der Waals surface area contributed by atoms with Crippen LogP contribution in [0.2, 0.25) is 0 Å². The van der Waals surface area contributed by atoms with Crippen molar-refractivity contribution in [2.45, 2.75) is 32.4 Å². The highest BCUT2D eigenvalue weighted by Gasteiger charge is 2.21. The van der Waals surface area contributed by atoms with E-state index in [9.17, 15) is 0 Å². The van der Waals surface area contributed by atoms with E-state index in [-0.39, 0.29) is 0 Å². The van der Waals surface area contributed by atoms with Gasteiger partial charge < -0.3 is 15.1 Å². The molecule has 0 aromatic carbocycles. The van der Waals surface area contributed by atoms with Crippen LogP contribution in [-0.4, -0.2) is 56.1 Å². The molecule has 1 aromatic heterocycles. The summed E-state index contributed by atoms with van der Waals surface area (Å²) < 4.78 is 0. The summed E-state index contributed by atoms with van der Waals surface area (Å²) in [6.45, 7) is 7.89. The lowest BCUT2D eigenvalue weighted by atomic mass is 10.2. The van der Waals surface area contributed by atoms with Gasteiger partial charge in [-0.2, -0.15) is 0 Å². The highest BCUT2D eigenvalue weighted by molar-refractivity contribution is 7.10. The van der Waals surface area contributed by atoms with E-state index in [0.717, 1.165) is 25.7 Å². The molecule has 0 amide bonds. The van der Waals surface area contributed by atoms with E-state index in [4.69, 9.17) is 0 Å². The Balaban J connectivity index is 1.59. The molecule has 1 aliphatic rings. The number of hydrogen-bond acceptors (Lipinski definition) is 4. The minimum Gasteiger partial charge on any atom is -0.311 e. The van der Waals surface area contributed by atoms with E-state index in [0.29, 0.717) is 0 Å². The van der Waals surface area contributed by atoms with Crippen LogP contribution in [0.1, 0.15) is 23.3 Å². The van der Waals surface area contributed by atoms with E-state index < -0.39 is 0 Å². The monoisotopic (exact) mass is 281 g/mol. The van der Waals surface area contributed by atoms with Gasteiger partial charge in [0.15, 0.2) is 0 Å². The van der Waals surface area contributed by atoms with Gasteiger partial charge in [-0.1, -0.05) is 0 Å². The molecule has 0 radical (unpaired) electrons. The molecule has 1 aliphatic heterocycles. The van der Waals surface area contributed by atoms with Crippen LogP contribution in [0.3, 0.4) is 0 Å². The third kappa shape index (κ3) is 4.56. The highest BCUT2D eigenvalue weighted by Crippen LogP contribution is 2.15. The fourth-order valence-corrected chi connectivity index (χ4v) is 3.59. The quantitative estimate of drug-likeness (QED) is 0.773. The molecule has 1 atom stereocenters. The first-order valence-electron chi connectivity index (χ1n) is 7.29. The second-order valence-corrected chi connectivity index (χ2v) is 6.74. The zero-order chi connectivity index (χ0) is 13.7. The van der Waals surface area contributed by atoms with Crippen molar-refractivity contribution in [2.24, 2.45) is 0 Å². The fraction of sp³-hybridized carbons (Fsp3) is 0.733. The van der Waals surface area contributed by atoms with Gasteiger partial charge in [0.25, 0.3) is 0 Å². The number of likely N-dealkylation sites (N-methyl/N-ethyl adjacent to an activating group) is 2. The Morgan fingerprint density at radius 3 is 3.00 bits per heavy atom. The lowest BCUT2D eigenvalue weighted by Crippen LogP contribution is -2.39. The molecule has 19 heavy (non-hydrogen) atoms. The number of nitrogens with one attached hydrogen (secondary N) is 1. The molecule has 1 unspecified atom stereocenters. The van der Waals surface area contributed by atoms with E-state index in [2.05, 4.69) is 47.6 Å². The van der Waals surface area contributed by atoms with Crippen molar-refractivity contribution in [1.82, 2.24) is 15.1 Å². The number of nitrogens with zero attached hydrogens (tertiary/aromatic N) is 2. The second-order valence-electron chi connectivity index (χ2n) is 5.74. The van der Waals surface area contributed by atoms with E-state index >= 15 is 0 Å². The van der Waals surface area contributed by atoms with Gasteiger partial charge in [-0.25, -0.2) is 0 Å². The van der Waals surface area contributed by atoms with Gasteiger partial charge in [0.05, 0.1) is 0 Å². The van der Waals surface area contributed by atoms with Crippen LogP contribution in [0.4, 0.5) is 0 Å². The largest absolute Gasteiger partial charge is 0.311 e. The van der Waals surface area contributed by atoms with E-state index in [1.54, 1.807) is 0 Å². The second kappa shape index (κ2) is 7.39. The number of thiophene rings is 1. The average Bonchev–Trinajstić information content (AvgIpc) is 2.95. The summed E-state index contributed by atoms with van der Waals surface area (Å²) in [6.07, 6.45) is 2.73. The van der Waals surface area contributed by atoms with Gasteiger partial charge in [-0.15, -0.1) is 11.3 Å². The van der Waals surface area contributed by atoms with Gasteiger partial charge in [0, 0.05) is 37.1 Å². The van der Waals surface area contributed by atoms with Gasteiger partial charge >= 0.3 is 0 Å². The van der Waals surface area contributed by atoms with Crippen LogP contribution < -0.4 is 5.32 Å². The number of hydrogen-bond donors (Lipinski definition) is 1. The number of likely N-dealkylation sites (tertiary alicyclic amines) is 1. The Hall–Kier alpha value is -0.420. The van der Waals surface area contributed by atoms with Gasteiger partial charge in [0.2, 0.25) is 0 Å². The Bertz CT molecular complexity index is 377. The van der Waals surface area contributed by atoms with Crippen LogP contribution >= 0.6 is 11.3 Å². The van der Waals surface area contributed by atoms with Crippen LogP contribution in [0.5, 0.6) is 0 Å². The molecular formula is C15H27N3S. The van der Waals surface area contributed by atoms with Crippen molar-refractivity contribution in [3.05, 3.63) is 21.9 Å². The molecule has 1 aromatic rings. The normalized spacial score (nSPS) is 20.5. The van der Waals surface area contributed by atoms with Crippen molar-refractivity contribution in [3.8, 4) is 0 Å². The third-order valence-corrected chi connectivity index (χ3v) is 5.14. The van der Waals surface area contributed by atoms with Gasteiger partial charge in [0.1, 0.15) is 0 Å². The molecule has 2 rings (SSSR count). The van der Waals surface area contributed by atoms with E-state index in [1.807, 2.05) is 11.3 Å². The summed E-state index contributed by atoms with van der Waals surface area (Å²) in [5.41, 5.74) is 1.42. The summed E-state index contributed by atoms with van der Waals surface area (Å²) in [7, 11) is 4.49. The lowest BCUT2D eigenvalue weighted by Gasteiger charge is -2.25. The molecule has 1 N–H and O–H groups in total. The van der Waals surface area contributed by atoms with Gasteiger partial charge in [-0.3, -0.25) is 0 Å². The summed E-state index contributed by atoms with van der Waals surface area (Å²) in [6, 6.07) is 2.97. The first-order chi connectivity index (χ1) is 9.16. The lowest BCUT2D eigenvalue weighted by molar-refractivity contribution is 0.220. The molecule has 3 nitrogen and oxygen atoms in total. The smallest absolute Gasteiger partial charge is 0.0302 e. The first kappa shape index (κ1) is 15.0. The number of rotatable bonds is 7. The third-order valence-electron chi connectivity index (χ3n) is 4.12. The summed E-state index contributed by atoms with van der Waals surface area (Å²) in [5.74, 6) is 0. The maximum absolute atomic E-state index is 3.55. The van der Waals surface area contributed by atoms with E-state index in [1.165, 1.54) is 36.4 Å². The molecule has 0 bridgehead atoms. The Kier molecular flexibility index (Phi) is 5.82. The van der Waals surface area contributed by atoms with Crippen molar-refractivity contribution in [1.29, 1.82) is 0 Å². The fourth-order valence-electron chi connectivity index (χ4n) is 2.72. The van der Waals surface area contributed by atoms with Crippen molar-refractivity contribution >= 4 is 11.3 Å². The molecule has 2 heterocycles. The van der Waals surface area contributed by atoms with Crippen molar-refractivity contribution in [3.63, 3.8) is 0 Å². The summed E-state index contributed by atoms with van der Waals surface area (Å²) in [4.78, 5) is 6.43. The molecular weight excluding hydrogens is 254 g/mol. The highest BCUT2D eigenvalue weighted by atomic mass is 32.1. The maximum Gasteiger partial charge on any atom is 0.0302 e. The molecule has 108 valence electrons. The zero-order valence-corrected chi connectivity index (χ0v) is 13.3. The predicted molar refractivity (Wildman–Crippen MR) is 83.9 cm³/mol. The molecule has 4 heteroatoms. The van der Waals surface area contributed by atoms with Crippen LogP contribution in [-0.2, 0) is 6.54 Å². The molecule has 0 spiro atoms. The standard InChI is InChI=1S/C15H27N3S/c1-13-6-10-19-15(13)11-16-7-9-17(2)12-14-5-4-8-18(14)3/h6,10,14,16H,4-5,7-9,11-12H2,1-3H3. The Morgan fingerprint density at radius 1 is 1.53 bits per heavy atom. The van der Waals surface area contributed by atoms with Crippen LogP contribution in [0, 0.1) is 6.92 Å². The zero-order valence-electron chi connectivity index (χ0n) is 12.5. The first-order valence-corrected chi connectivity index (χ1v) is 8.17. The molecule has 0 aliphatic carbocycles. The molecule has 1 fully saturated rings. The summed E-state index contributed by atoms with van der Waals surface area (Å²) in [5, 5.41) is 5.73. The minimum atomic E-state index is 0.768. The topological polar surface area (TPSA) is 18.5 Å². The van der Waals surface area contributed by atoms with Gasteiger partial charge in [-0.05, 0) is 57.4 Å². The SMILES string of the molecule is Cc1ccsc1CNCCN(C)CC1CCCN1C. The van der Waals surface area contributed by atoms with Crippen molar-refractivity contribution < 1.29 is 0 Å². The predicted octanol–water partition coefficient (Wildman–Crippen LogP) is 2.17. The Morgan fingerprint density at radius 2 is 2.37 bits per heavy atom. The maximum atomic E-state index is 3.55. The molecule has 0 saturated carbocycles. The van der Waals surface area contributed by atoms with Crippen molar-refractivity contribution in [2.75, 3.05) is 40.3 Å². The van der Waals surface area contributed by atoms with Crippen LogP contribution in [0.15, 0.2) is 11.4 Å². The Labute approximate surface area is 121 Å². The minimum absolute atomic E-state index is 0.768. The van der Waals surface area contributed by atoms with Crippen LogP contribution in [0.25, 0.3) is 0 Å². The molecule has 1 saturated heterocycles. The summed E-state index contributed by atoms with van der Waals surface area (Å²) >= 11 is 1.85. The average molecular weight is 281 g/mol. The number of aryl methyl sites for hydroxylation is 1.